The van der Waals surface area contributed by atoms with Gasteiger partial charge in [-0.05, 0) is 37.8 Å². The van der Waals surface area contributed by atoms with Crippen molar-refractivity contribution in [3.05, 3.63) is 29.3 Å². The summed E-state index contributed by atoms with van der Waals surface area (Å²) < 4.78 is 11.5. The number of hydrogen-bond donors (Lipinski definition) is 2. The van der Waals surface area contributed by atoms with Crippen molar-refractivity contribution in [3.8, 4) is 0 Å². The van der Waals surface area contributed by atoms with Gasteiger partial charge in [-0.2, -0.15) is 0 Å². The molecule has 1 spiro atoms. The van der Waals surface area contributed by atoms with Gasteiger partial charge in [0.15, 0.2) is 5.79 Å². The van der Waals surface area contributed by atoms with E-state index >= 15 is 0 Å². The molecular formula is C16H22N2O3. The summed E-state index contributed by atoms with van der Waals surface area (Å²) in [6.45, 7) is 5.19. The molecule has 0 bridgehead atoms. The van der Waals surface area contributed by atoms with E-state index in [0.717, 1.165) is 36.1 Å². The second kappa shape index (κ2) is 5.66. The van der Waals surface area contributed by atoms with E-state index < -0.39 is 5.79 Å². The van der Waals surface area contributed by atoms with Crippen LogP contribution in [0.3, 0.4) is 0 Å². The fourth-order valence-electron chi connectivity index (χ4n) is 3.26. The van der Waals surface area contributed by atoms with Gasteiger partial charge in [-0.1, -0.05) is 18.2 Å². The van der Waals surface area contributed by atoms with Gasteiger partial charge < -0.3 is 20.1 Å². The first-order valence-corrected chi connectivity index (χ1v) is 7.52. The van der Waals surface area contributed by atoms with Crippen LogP contribution in [0, 0.1) is 13.8 Å². The molecule has 1 heterocycles. The number of carbonyl (C=O) groups is 1. The lowest BCUT2D eigenvalue weighted by Crippen LogP contribution is -2.51. The lowest BCUT2D eigenvalue weighted by molar-refractivity contribution is -0.164. The van der Waals surface area contributed by atoms with Crippen LogP contribution in [0.1, 0.15) is 30.4 Å². The number of anilines is 1. The second-order valence-corrected chi connectivity index (χ2v) is 5.82. The summed E-state index contributed by atoms with van der Waals surface area (Å²) >= 11 is 0. The molecule has 2 fully saturated rings. The zero-order valence-corrected chi connectivity index (χ0v) is 12.6. The molecule has 0 aromatic heterocycles. The summed E-state index contributed by atoms with van der Waals surface area (Å²) in [6, 6.07) is 5.69. The summed E-state index contributed by atoms with van der Waals surface area (Å²) in [5, 5.41) is 5.97. The van der Waals surface area contributed by atoms with E-state index in [2.05, 4.69) is 10.6 Å². The molecule has 1 saturated heterocycles. The highest BCUT2D eigenvalue weighted by atomic mass is 16.7. The molecule has 1 aromatic rings. The van der Waals surface area contributed by atoms with E-state index in [4.69, 9.17) is 9.47 Å². The summed E-state index contributed by atoms with van der Waals surface area (Å²) in [6.07, 6.45) is 2.75. The Bertz CT molecular complexity index is 513. The Balaban J connectivity index is 1.67. The van der Waals surface area contributed by atoms with Crippen molar-refractivity contribution in [1.29, 1.82) is 0 Å². The Morgan fingerprint density at radius 3 is 2.57 bits per heavy atom. The molecule has 0 radical (unpaired) electrons. The normalized spacial score (nSPS) is 23.4. The Morgan fingerprint density at radius 2 is 1.90 bits per heavy atom. The molecule has 1 aliphatic heterocycles. The highest BCUT2D eigenvalue weighted by molar-refractivity contribution is 5.91. The smallest absolute Gasteiger partial charge is 0.319 e. The number of para-hydroxylation sites is 1. The zero-order valence-electron chi connectivity index (χ0n) is 12.6. The minimum Gasteiger partial charge on any atom is -0.346 e. The van der Waals surface area contributed by atoms with Crippen molar-refractivity contribution in [2.75, 3.05) is 18.5 Å². The van der Waals surface area contributed by atoms with Crippen molar-refractivity contribution < 1.29 is 14.3 Å². The van der Waals surface area contributed by atoms with Crippen LogP contribution in [0.25, 0.3) is 0 Å². The Kier molecular flexibility index (Phi) is 3.87. The van der Waals surface area contributed by atoms with Crippen LogP contribution in [0.15, 0.2) is 18.2 Å². The number of amides is 2. The highest BCUT2D eigenvalue weighted by Gasteiger charge is 2.48. The van der Waals surface area contributed by atoms with Crippen LogP contribution in [-0.2, 0) is 9.47 Å². The molecule has 1 atom stereocenters. The predicted molar refractivity (Wildman–Crippen MR) is 80.3 cm³/mol. The molecule has 114 valence electrons. The average Bonchev–Trinajstić information content (AvgIpc) is 3.06. The second-order valence-electron chi connectivity index (χ2n) is 5.82. The largest absolute Gasteiger partial charge is 0.346 e. The topological polar surface area (TPSA) is 59.6 Å². The van der Waals surface area contributed by atoms with Gasteiger partial charge in [-0.15, -0.1) is 0 Å². The van der Waals surface area contributed by atoms with Crippen LogP contribution >= 0.6 is 0 Å². The van der Waals surface area contributed by atoms with Crippen LogP contribution in [0.2, 0.25) is 0 Å². The van der Waals surface area contributed by atoms with E-state index in [9.17, 15) is 4.79 Å². The quantitative estimate of drug-likeness (QED) is 0.880. The zero-order chi connectivity index (χ0) is 14.9. The first-order chi connectivity index (χ1) is 10.1. The van der Waals surface area contributed by atoms with E-state index in [1.807, 2.05) is 32.0 Å². The van der Waals surface area contributed by atoms with Gasteiger partial charge in [0.25, 0.3) is 0 Å². The summed E-state index contributed by atoms with van der Waals surface area (Å²) in [5.41, 5.74) is 2.98. The molecule has 5 heteroatoms. The lowest BCUT2D eigenvalue weighted by atomic mass is 10.1. The highest BCUT2D eigenvalue weighted by Crippen LogP contribution is 2.37. The van der Waals surface area contributed by atoms with E-state index in [1.165, 1.54) is 0 Å². The van der Waals surface area contributed by atoms with Gasteiger partial charge in [-0.25, -0.2) is 4.79 Å². The van der Waals surface area contributed by atoms with Crippen LogP contribution in [0.4, 0.5) is 10.5 Å². The maximum absolute atomic E-state index is 12.3. The van der Waals surface area contributed by atoms with E-state index in [-0.39, 0.29) is 12.1 Å². The Hall–Kier alpha value is -1.59. The summed E-state index contributed by atoms with van der Waals surface area (Å²) in [7, 11) is 0. The third kappa shape index (κ3) is 2.76. The van der Waals surface area contributed by atoms with Crippen molar-refractivity contribution in [2.24, 2.45) is 0 Å². The first-order valence-electron chi connectivity index (χ1n) is 7.52. The first kappa shape index (κ1) is 14.4. The fourth-order valence-corrected chi connectivity index (χ4v) is 3.26. The molecule has 21 heavy (non-hydrogen) atoms. The fraction of sp³-hybridized carbons (Fsp3) is 0.562. The molecule has 1 aliphatic carbocycles. The molecule has 1 saturated carbocycles. The number of urea groups is 1. The molecule has 0 unspecified atom stereocenters. The minimum absolute atomic E-state index is 0.0793. The molecular weight excluding hydrogens is 268 g/mol. The van der Waals surface area contributed by atoms with Crippen LogP contribution < -0.4 is 10.6 Å². The predicted octanol–water partition coefficient (Wildman–Crippen LogP) is 2.72. The molecule has 2 N–H and O–H groups in total. The van der Waals surface area contributed by atoms with E-state index in [0.29, 0.717) is 13.2 Å². The lowest BCUT2D eigenvalue weighted by Gasteiger charge is -2.30. The average molecular weight is 290 g/mol. The van der Waals surface area contributed by atoms with Crippen molar-refractivity contribution in [1.82, 2.24) is 5.32 Å². The summed E-state index contributed by atoms with van der Waals surface area (Å²) in [5.74, 6) is -0.599. The van der Waals surface area contributed by atoms with Gasteiger partial charge in [0.05, 0.1) is 19.3 Å². The van der Waals surface area contributed by atoms with Gasteiger partial charge in [0.2, 0.25) is 0 Å². The minimum atomic E-state index is -0.599. The Morgan fingerprint density at radius 1 is 1.24 bits per heavy atom. The number of benzene rings is 1. The third-order valence-electron chi connectivity index (χ3n) is 4.35. The maximum Gasteiger partial charge on any atom is 0.319 e. The molecule has 5 nitrogen and oxygen atoms in total. The van der Waals surface area contributed by atoms with Gasteiger partial charge >= 0.3 is 6.03 Å². The van der Waals surface area contributed by atoms with Crippen LogP contribution in [0.5, 0.6) is 0 Å². The van der Waals surface area contributed by atoms with Crippen molar-refractivity contribution >= 4 is 11.7 Å². The van der Waals surface area contributed by atoms with E-state index in [1.54, 1.807) is 0 Å². The standard InChI is InChI=1S/C16H22N2O3/c1-11-5-3-6-12(2)14(11)18-15(19)17-13-7-4-8-16(13)20-9-10-21-16/h3,5-6,13H,4,7-10H2,1-2H3,(H2,17,18,19)/t13-/m1/s1. The van der Waals surface area contributed by atoms with Crippen LogP contribution in [-0.4, -0.2) is 31.1 Å². The number of hydrogen-bond acceptors (Lipinski definition) is 3. The maximum atomic E-state index is 12.3. The Labute approximate surface area is 125 Å². The molecule has 3 rings (SSSR count). The summed E-state index contributed by atoms with van der Waals surface area (Å²) in [4.78, 5) is 12.3. The molecule has 2 aliphatic rings. The number of rotatable bonds is 2. The third-order valence-corrected chi connectivity index (χ3v) is 4.35. The number of carbonyl (C=O) groups excluding carboxylic acids is 1. The van der Waals surface area contributed by atoms with Gasteiger partial charge in [-0.3, -0.25) is 0 Å². The SMILES string of the molecule is Cc1cccc(C)c1NC(=O)N[C@@H]1CCCC12OCCO2. The number of nitrogens with one attached hydrogen (secondary N) is 2. The van der Waals surface area contributed by atoms with Crippen molar-refractivity contribution in [3.63, 3.8) is 0 Å². The van der Waals surface area contributed by atoms with Gasteiger partial charge in [0.1, 0.15) is 0 Å². The number of ether oxygens (including phenoxy) is 2. The monoisotopic (exact) mass is 290 g/mol. The van der Waals surface area contributed by atoms with Gasteiger partial charge in [0, 0.05) is 12.1 Å². The van der Waals surface area contributed by atoms with Crippen molar-refractivity contribution in [2.45, 2.75) is 44.9 Å². The number of aryl methyl sites for hydroxylation is 2. The molecule has 1 aromatic carbocycles. The molecule has 2 amide bonds.